The Labute approximate surface area is 199 Å². The molecule has 1 aliphatic rings. The van der Waals surface area contributed by atoms with Crippen molar-refractivity contribution in [1.82, 2.24) is 4.90 Å². The molecule has 0 saturated carbocycles. The zero-order valence-electron chi connectivity index (χ0n) is 20.2. The molecule has 1 aliphatic heterocycles. The number of ether oxygens (including phenoxy) is 4. The standard InChI is InChI=1S/C26H31NO7/c1-16(2)34-20-11-10-17(15-21(20)33-5)23-22(24(28)18-8-6-9-19(14-18)32-4)25(29)26(30)27(23)12-7-13-31-3/h6,8-11,14-16,23,28H,7,12-13H2,1-5H3/b24-22-. The lowest BCUT2D eigenvalue weighted by molar-refractivity contribution is -0.140. The Balaban J connectivity index is 2.15. The van der Waals surface area contributed by atoms with Crippen LogP contribution in [0.25, 0.3) is 5.76 Å². The quantitative estimate of drug-likeness (QED) is 0.244. The van der Waals surface area contributed by atoms with Crippen LogP contribution in [-0.4, -0.2) is 62.3 Å². The number of carbonyl (C=O) groups is 2. The molecule has 1 N–H and O–H groups in total. The Kier molecular flexibility index (Phi) is 8.17. The van der Waals surface area contributed by atoms with Crippen molar-refractivity contribution in [2.45, 2.75) is 32.4 Å². The molecule has 0 radical (unpaired) electrons. The first-order chi connectivity index (χ1) is 16.3. The van der Waals surface area contributed by atoms with Crippen molar-refractivity contribution < 1.29 is 33.6 Å². The lowest BCUT2D eigenvalue weighted by atomic mass is 9.95. The van der Waals surface area contributed by atoms with E-state index in [1.807, 2.05) is 13.8 Å². The molecule has 3 rings (SSSR count). The average molecular weight is 470 g/mol. The van der Waals surface area contributed by atoms with E-state index >= 15 is 0 Å². The van der Waals surface area contributed by atoms with E-state index in [0.29, 0.717) is 41.4 Å². The van der Waals surface area contributed by atoms with Gasteiger partial charge in [0.05, 0.1) is 31.9 Å². The maximum absolute atomic E-state index is 13.1. The highest BCUT2D eigenvalue weighted by molar-refractivity contribution is 6.46. The van der Waals surface area contributed by atoms with Crippen LogP contribution in [-0.2, 0) is 14.3 Å². The number of methoxy groups -OCH3 is 3. The Morgan fingerprint density at radius 3 is 2.44 bits per heavy atom. The van der Waals surface area contributed by atoms with Crippen molar-refractivity contribution in [2.75, 3.05) is 34.5 Å². The van der Waals surface area contributed by atoms with Crippen molar-refractivity contribution in [2.24, 2.45) is 0 Å². The first-order valence-corrected chi connectivity index (χ1v) is 11.1. The van der Waals surface area contributed by atoms with E-state index in [0.717, 1.165) is 0 Å². The van der Waals surface area contributed by atoms with E-state index in [-0.39, 0.29) is 24.0 Å². The lowest BCUT2D eigenvalue weighted by Crippen LogP contribution is -2.31. The molecular formula is C26H31NO7. The number of likely N-dealkylation sites (tertiary alicyclic amines) is 1. The van der Waals surface area contributed by atoms with E-state index in [4.69, 9.17) is 18.9 Å². The Morgan fingerprint density at radius 2 is 1.79 bits per heavy atom. The van der Waals surface area contributed by atoms with Crippen LogP contribution in [0, 0.1) is 0 Å². The molecule has 1 atom stereocenters. The highest BCUT2D eigenvalue weighted by Crippen LogP contribution is 2.42. The fourth-order valence-corrected chi connectivity index (χ4v) is 3.97. The molecule has 0 spiro atoms. The summed E-state index contributed by atoms with van der Waals surface area (Å²) in [7, 11) is 4.62. The molecule has 0 bridgehead atoms. The van der Waals surface area contributed by atoms with Gasteiger partial charge in [-0.3, -0.25) is 9.59 Å². The molecule has 182 valence electrons. The third kappa shape index (κ3) is 5.17. The smallest absolute Gasteiger partial charge is 0.295 e. The van der Waals surface area contributed by atoms with E-state index < -0.39 is 17.7 Å². The number of hydrogen-bond acceptors (Lipinski definition) is 7. The Hall–Kier alpha value is -3.52. The van der Waals surface area contributed by atoms with Crippen LogP contribution in [0.3, 0.4) is 0 Å². The molecular weight excluding hydrogens is 438 g/mol. The summed E-state index contributed by atoms with van der Waals surface area (Å²) in [4.78, 5) is 27.6. The van der Waals surface area contributed by atoms with Gasteiger partial charge in [0.25, 0.3) is 11.7 Å². The van der Waals surface area contributed by atoms with Crippen LogP contribution in [0.1, 0.15) is 37.4 Å². The van der Waals surface area contributed by atoms with Gasteiger partial charge in [0, 0.05) is 25.8 Å². The van der Waals surface area contributed by atoms with Crippen LogP contribution < -0.4 is 14.2 Å². The number of Topliss-reactive ketones (excluding diaryl/α,β-unsaturated/α-hetero) is 1. The summed E-state index contributed by atoms with van der Waals surface area (Å²) in [6, 6.07) is 11.2. The minimum absolute atomic E-state index is 0.00949. The van der Waals surface area contributed by atoms with Gasteiger partial charge in [0.1, 0.15) is 11.5 Å². The SMILES string of the molecule is COCCCN1C(=O)C(=O)/C(=C(\O)c2cccc(OC)c2)C1c1ccc(OC(C)C)c(OC)c1. The third-order valence-corrected chi connectivity index (χ3v) is 5.50. The van der Waals surface area contributed by atoms with Crippen molar-refractivity contribution in [3.63, 3.8) is 0 Å². The van der Waals surface area contributed by atoms with Gasteiger partial charge < -0.3 is 29.0 Å². The van der Waals surface area contributed by atoms with Gasteiger partial charge in [-0.25, -0.2) is 0 Å². The largest absolute Gasteiger partial charge is 0.507 e. The average Bonchev–Trinajstić information content (AvgIpc) is 3.08. The van der Waals surface area contributed by atoms with Crippen molar-refractivity contribution >= 4 is 17.4 Å². The van der Waals surface area contributed by atoms with Crippen LogP contribution in [0.4, 0.5) is 0 Å². The number of aliphatic hydroxyl groups excluding tert-OH is 1. The fraction of sp³-hybridized carbons (Fsp3) is 0.385. The summed E-state index contributed by atoms with van der Waals surface area (Å²) in [6.07, 6.45) is 0.470. The Bertz CT molecular complexity index is 1080. The normalized spacial score (nSPS) is 17.4. The van der Waals surface area contributed by atoms with Gasteiger partial charge in [-0.2, -0.15) is 0 Å². The maximum atomic E-state index is 13.1. The maximum Gasteiger partial charge on any atom is 0.295 e. The predicted molar refractivity (Wildman–Crippen MR) is 127 cm³/mol. The second kappa shape index (κ2) is 11.1. The zero-order chi connectivity index (χ0) is 24.8. The van der Waals surface area contributed by atoms with Crippen LogP contribution in [0.15, 0.2) is 48.0 Å². The lowest BCUT2D eigenvalue weighted by Gasteiger charge is -2.26. The number of nitrogens with zero attached hydrogens (tertiary/aromatic N) is 1. The van der Waals surface area contributed by atoms with Gasteiger partial charge in [-0.05, 0) is 50.1 Å². The topological polar surface area (TPSA) is 94.5 Å². The van der Waals surface area contributed by atoms with Crippen molar-refractivity contribution in [3.8, 4) is 17.2 Å². The molecule has 1 saturated heterocycles. The van der Waals surface area contributed by atoms with Gasteiger partial charge in [0.15, 0.2) is 11.5 Å². The molecule has 1 unspecified atom stereocenters. The van der Waals surface area contributed by atoms with Crippen LogP contribution in [0.5, 0.6) is 17.2 Å². The second-order valence-electron chi connectivity index (χ2n) is 8.15. The molecule has 2 aromatic rings. The minimum Gasteiger partial charge on any atom is -0.507 e. The van der Waals surface area contributed by atoms with Gasteiger partial charge in [-0.1, -0.05) is 18.2 Å². The van der Waals surface area contributed by atoms with Gasteiger partial charge in [-0.15, -0.1) is 0 Å². The minimum atomic E-state index is -0.801. The number of aliphatic hydroxyl groups is 1. The summed E-state index contributed by atoms with van der Waals surface area (Å²) >= 11 is 0. The van der Waals surface area contributed by atoms with Crippen molar-refractivity contribution in [1.29, 1.82) is 0 Å². The number of rotatable bonds is 10. The first kappa shape index (κ1) is 25.1. The fourth-order valence-electron chi connectivity index (χ4n) is 3.97. The highest BCUT2D eigenvalue weighted by Gasteiger charge is 2.46. The summed E-state index contributed by atoms with van der Waals surface area (Å²) in [5.41, 5.74) is 1.01. The molecule has 0 aliphatic carbocycles. The molecule has 1 amide bonds. The third-order valence-electron chi connectivity index (χ3n) is 5.50. The number of hydrogen-bond donors (Lipinski definition) is 1. The summed E-state index contributed by atoms with van der Waals surface area (Å²) < 4.78 is 21.7. The highest BCUT2D eigenvalue weighted by atomic mass is 16.5. The Morgan fingerprint density at radius 1 is 1.03 bits per heavy atom. The molecule has 0 aromatic heterocycles. The van der Waals surface area contributed by atoms with Gasteiger partial charge >= 0.3 is 0 Å². The van der Waals surface area contributed by atoms with E-state index in [2.05, 4.69) is 0 Å². The number of ketones is 1. The summed E-state index contributed by atoms with van der Waals surface area (Å²) in [6.45, 7) is 4.53. The number of carbonyl (C=O) groups excluding carboxylic acids is 2. The number of amides is 1. The molecule has 1 heterocycles. The summed E-state index contributed by atoms with van der Waals surface area (Å²) in [5, 5.41) is 11.2. The molecule has 8 heteroatoms. The zero-order valence-corrected chi connectivity index (χ0v) is 20.2. The van der Waals surface area contributed by atoms with Crippen molar-refractivity contribution in [3.05, 3.63) is 59.2 Å². The van der Waals surface area contributed by atoms with Crippen LogP contribution in [0.2, 0.25) is 0 Å². The predicted octanol–water partition coefficient (Wildman–Crippen LogP) is 3.95. The number of benzene rings is 2. The molecule has 34 heavy (non-hydrogen) atoms. The van der Waals surface area contributed by atoms with E-state index in [9.17, 15) is 14.7 Å². The molecule has 8 nitrogen and oxygen atoms in total. The first-order valence-electron chi connectivity index (χ1n) is 11.1. The second-order valence-corrected chi connectivity index (χ2v) is 8.15. The van der Waals surface area contributed by atoms with Crippen LogP contribution >= 0.6 is 0 Å². The van der Waals surface area contributed by atoms with E-state index in [1.165, 1.54) is 19.1 Å². The molecule has 1 fully saturated rings. The van der Waals surface area contributed by atoms with Gasteiger partial charge in [0.2, 0.25) is 0 Å². The monoisotopic (exact) mass is 469 g/mol. The van der Waals surface area contributed by atoms with E-state index in [1.54, 1.807) is 49.6 Å². The summed E-state index contributed by atoms with van der Waals surface area (Å²) in [5.74, 6) is -0.151. The molecule has 2 aromatic carbocycles.